The molecule has 146 valence electrons. The van der Waals surface area contributed by atoms with Crippen LogP contribution in [0.25, 0.3) is 10.6 Å². The average molecular weight is 408 g/mol. The van der Waals surface area contributed by atoms with Crippen LogP contribution in [0.3, 0.4) is 0 Å². The van der Waals surface area contributed by atoms with Gasteiger partial charge in [0.1, 0.15) is 16.9 Å². The van der Waals surface area contributed by atoms with Gasteiger partial charge in [-0.25, -0.2) is 9.37 Å². The van der Waals surface area contributed by atoms with Crippen LogP contribution < -0.4 is 0 Å². The molecule has 0 fully saturated rings. The highest BCUT2D eigenvalue weighted by Gasteiger charge is 2.30. The highest BCUT2D eigenvalue weighted by molar-refractivity contribution is 7.15. The summed E-state index contributed by atoms with van der Waals surface area (Å²) in [6.07, 6.45) is -1.22. The predicted octanol–water partition coefficient (Wildman–Crippen LogP) is 6.12. The number of nitrogens with zero attached hydrogens (tertiary/aromatic N) is 2. The minimum absolute atomic E-state index is 0.000337. The first-order chi connectivity index (χ1) is 13.1. The van der Waals surface area contributed by atoms with Gasteiger partial charge in [-0.15, -0.1) is 11.3 Å². The van der Waals surface area contributed by atoms with Gasteiger partial charge in [0, 0.05) is 5.56 Å². The zero-order valence-corrected chi connectivity index (χ0v) is 15.9. The van der Waals surface area contributed by atoms with Crippen molar-refractivity contribution in [1.29, 1.82) is 5.26 Å². The summed E-state index contributed by atoms with van der Waals surface area (Å²) in [6, 6.07) is 6.62. The summed E-state index contributed by atoms with van der Waals surface area (Å²) in [6.45, 7) is 3.70. The van der Waals surface area contributed by atoms with Crippen molar-refractivity contribution in [3.8, 4) is 16.6 Å². The highest BCUT2D eigenvalue weighted by atomic mass is 32.1. The molecule has 0 amide bonds. The third-order valence-corrected chi connectivity index (χ3v) is 5.59. The predicted molar refractivity (Wildman–Crippen MR) is 98.0 cm³/mol. The topological polar surface area (TPSA) is 45.9 Å². The summed E-state index contributed by atoms with van der Waals surface area (Å²) in [5, 5.41) is 9.43. The van der Waals surface area contributed by atoms with Gasteiger partial charge in [-0.05, 0) is 38.5 Å². The fraction of sp³-hybridized carbons (Fsp3) is 0.300. The summed E-state index contributed by atoms with van der Waals surface area (Å²) in [5.41, 5.74) is -0.299. The second kappa shape index (κ2) is 7.49. The lowest BCUT2D eigenvalue weighted by Gasteiger charge is -2.27. The number of allylic oxidation sites excluding steroid dienone is 2. The van der Waals surface area contributed by atoms with Gasteiger partial charge >= 0.3 is 6.18 Å². The van der Waals surface area contributed by atoms with Gasteiger partial charge in [0.25, 0.3) is 0 Å². The number of alkyl halides is 3. The van der Waals surface area contributed by atoms with E-state index < -0.39 is 23.2 Å². The molecule has 1 atom stereocenters. The number of aromatic nitrogens is 1. The first kappa shape index (κ1) is 20.2. The Hall–Kier alpha value is -2.50. The molecular formula is C20H16F4N2OS. The van der Waals surface area contributed by atoms with Crippen LogP contribution in [0.5, 0.6) is 0 Å². The number of ether oxygens (including phenoxy) is 1. The summed E-state index contributed by atoms with van der Waals surface area (Å²) < 4.78 is 57.8. The molecule has 0 saturated heterocycles. The first-order valence-corrected chi connectivity index (χ1v) is 9.20. The number of thiazole rings is 1. The van der Waals surface area contributed by atoms with Crippen molar-refractivity contribution in [3.05, 3.63) is 64.0 Å². The summed E-state index contributed by atoms with van der Waals surface area (Å²) in [4.78, 5) is 5.22. The van der Waals surface area contributed by atoms with E-state index in [9.17, 15) is 17.6 Å². The maximum absolute atomic E-state index is 13.9. The van der Waals surface area contributed by atoms with Crippen molar-refractivity contribution >= 4 is 11.3 Å². The number of rotatable bonds is 4. The fourth-order valence-electron chi connectivity index (χ4n) is 2.72. The lowest BCUT2D eigenvalue weighted by Crippen LogP contribution is -2.27. The Kier molecular flexibility index (Phi) is 5.41. The SMILES string of the molecule is Cc1nc(-c2ccc(C(F)(F)F)cc2)sc1CO[C@@]1(C)C=C(F)C(C#N)=CC1. The summed E-state index contributed by atoms with van der Waals surface area (Å²) in [7, 11) is 0. The monoisotopic (exact) mass is 408 g/mol. The van der Waals surface area contributed by atoms with Gasteiger partial charge in [-0.1, -0.05) is 18.2 Å². The standard InChI is InChI=1S/C20H16F4N2OS/c1-12-17(11-27-19(2)8-7-14(10-25)16(21)9-19)28-18(26-12)13-3-5-15(6-4-13)20(22,23)24/h3-7,9H,8,11H2,1-2H3/t19-/m1/s1. The van der Waals surface area contributed by atoms with Gasteiger partial charge in [-0.2, -0.15) is 18.4 Å². The minimum Gasteiger partial charge on any atom is -0.365 e. The molecule has 3 nitrogen and oxygen atoms in total. The molecule has 1 heterocycles. The van der Waals surface area contributed by atoms with E-state index >= 15 is 0 Å². The van der Waals surface area contributed by atoms with E-state index in [4.69, 9.17) is 10.00 Å². The molecule has 0 unspecified atom stereocenters. The van der Waals surface area contributed by atoms with Crippen LogP contribution >= 0.6 is 11.3 Å². The minimum atomic E-state index is -4.38. The van der Waals surface area contributed by atoms with Crippen LogP contribution in [0.4, 0.5) is 17.6 Å². The zero-order valence-electron chi connectivity index (χ0n) is 15.1. The second-order valence-corrected chi connectivity index (χ2v) is 7.71. The Morgan fingerprint density at radius 2 is 1.96 bits per heavy atom. The first-order valence-electron chi connectivity index (χ1n) is 8.38. The van der Waals surface area contributed by atoms with Crippen LogP contribution in [-0.4, -0.2) is 10.6 Å². The van der Waals surface area contributed by atoms with Crippen LogP contribution in [0.15, 0.2) is 47.8 Å². The Balaban J connectivity index is 1.73. The molecule has 1 aliphatic carbocycles. The second-order valence-electron chi connectivity index (χ2n) is 6.63. The Labute approximate surface area is 163 Å². The molecule has 1 aliphatic rings. The van der Waals surface area contributed by atoms with Gasteiger partial charge in [-0.3, -0.25) is 0 Å². The Morgan fingerprint density at radius 1 is 1.29 bits per heavy atom. The van der Waals surface area contributed by atoms with E-state index in [0.717, 1.165) is 17.0 Å². The molecule has 1 aromatic heterocycles. The average Bonchev–Trinajstić information content (AvgIpc) is 3.00. The molecule has 1 aromatic carbocycles. The van der Waals surface area contributed by atoms with Crippen molar-refractivity contribution in [2.75, 3.05) is 0 Å². The maximum Gasteiger partial charge on any atom is 0.416 e. The number of hydrogen-bond acceptors (Lipinski definition) is 4. The van der Waals surface area contributed by atoms with Crippen molar-refractivity contribution in [3.63, 3.8) is 0 Å². The summed E-state index contributed by atoms with van der Waals surface area (Å²) >= 11 is 1.32. The number of hydrogen-bond donors (Lipinski definition) is 0. The quantitative estimate of drug-likeness (QED) is 0.573. The molecule has 0 aliphatic heterocycles. The van der Waals surface area contributed by atoms with Crippen LogP contribution in [-0.2, 0) is 17.5 Å². The fourth-order valence-corrected chi connectivity index (χ4v) is 3.71. The Morgan fingerprint density at radius 3 is 2.54 bits per heavy atom. The lowest BCUT2D eigenvalue weighted by atomic mass is 9.93. The van der Waals surface area contributed by atoms with E-state index in [1.165, 1.54) is 35.6 Å². The molecular weight excluding hydrogens is 392 g/mol. The van der Waals surface area contributed by atoms with E-state index in [0.29, 0.717) is 22.7 Å². The lowest BCUT2D eigenvalue weighted by molar-refractivity contribution is -0.137. The largest absolute Gasteiger partial charge is 0.416 e. The molecule has 0 spiro atoms. The molecule has 0 saturated carbocycles. The third-order valence-electron chi connectivity index (χ3n) is 4.41. The number of halogens is 4. The maximum atomic E-state index is 13.9. The highest BCUT2D eigenvalue weighted by Crippen LogP contribution is 2.35. The summed E-state index contributed by atoms with van der Waals surface area (Å²) in [5.74, 6) is -0.609. The molecule has 3 rings (SSSR count). The molecule has 0 radical (unpaired) electrons. The van der Waals surface area contributed by atoms with Gasteiger partial charge in [0.2, 0.25) is 0 Å². The van der Waals surface area contributed by atoms with Crippen molar-refractivity contribution in [2.24, 2.45) is 0 Å². The number of nitriles is 1. The van der Waals surface area contributed by atoms with E-state index in [1.54, 1.807) is 19.9 Å². The molecule has 0 bridgehead atoms. The van der Waals surface area contributed by atoms with Gasteiger partial charge < -0.3 is 4.74 Å². The van der Waals surface area contributed by atoms with Crippen molar-refractivity contribution in [2.45, 2.75) is 38.7 Å². The number of aryl methyl sites for hydroxylation is 1. The normalized spacial score (nSPS) is 19.8. The molecule has 8 heteroatoms. The smallest absolute Gasteiger partial charge is 0.365 e. The van der Waals surface area contributed by atoms with Crippen LogP contribution in [0, 0.1) is 18.3 Å². The van der Waals surface area contributed by atoms with Gasteiger partial charge in [0.15, 0.2) is 0 Å². The van der Waals surface area contributed by atoms with E-state index in [1.807, 2.05) is 0 Å². The van der Waals surface area contributed by atoms with Crippen molar-refractivity contribution in [1.82, 2.24) is 4.98 Å². The van der Waals surface area contributed by atoms with E-state index in [2.05, 4.69) is 4.98 Å². The molecule has 2 aromatic rings. The van der Waals surface area contributed by atoms with Crippen LogP contribution in [0.2, 0.25) is 0 Å². The molecule has 28 heavy (non-hydrogen) atoms. The van der Waals surface area contributed by atoms with Gasteiger partial charge in [0.05, 0.1) is 33.9 Å². The Bertz CT molecular complexity index is 983. The van der Waals surface area contributed by atoms with Crippen LogP contribution in [0.1, 0.15) is 29.5 Å². The van der Waals surface area contributed by atoms with Crippen molar-refractivity contribution < 1.29 is 22.3 Å². The van der Waals surface area contributed by atoms with E-state index in [-0.39, 0.29) is 12.2 Å². The third kappa shape index (κ3) is 4.32. The number of benzene rings is 1. The molecule has 0 N–H and O–H groups in total. The zero-order chi connectivity index (χ0) is 20.5.